The van der Waals surface area contributed by atoms with Crippen LogP contribution in [0.15, 0.2) is 58.7 Å². The van der Waals surface area contributed by atoms with Crippen LogP contribution in [0.2, 0.25) is 0 Å². The zero-order valence-electron chi connectivity index (χ0n) is 11.7. The van der Waals surface area contributed by atoms with E-state index in [0.717, 1.165) is 17.5 Å². The van der Waals surface area contributed by atoms with E-state index in [1.807, 2.05) is 24.3 Å². The Balaban J connectivity index is 1.96. The SMILES string of the molecule is CCc1ccc(C=NN=Cc2ccc(C(F)F)cc2)cc1. The number of hydrogen-bond donors (Lipinski definition) is 0. The van der Waals surface area contributed by atoms with Gasteiger partial charge in [-0.15, -0.1) is 0 Å². The molecule has 0 saturated carbocycles. The van der Waals surface area contributed by atoms with Crippen molar-refractivity contribution < 1.29 is 8.78 Å². The maximum Gasteiger partial charge on any atom is 0.263 e. The lowest BCUT2D eigenvalue weighted by Crippen LogP contribution is -1.86. The second-order valence-electron chi connectivity index (χ2n) is 4.55. The molecule has 0 unspecified atom stereocenters. The molecule has 0 bridgehead atoms. The maximum atomic E-state index is 12.4. The van der Waals surface area contributed by atoms with E-state index in [1.54, 1.807) is 18.3 Å². The first-order valence-electron chi connectivity index (χ1n) is 6.72. The molecule has 4 heteroatoms. The Morgan fingerprint density at radius 1 is 0.857 bits per heavy atom. The zero-order chi connectivity index (χ0) is 15.1. The Kier molecular flexibility index (Phi) is 5.32. The molecule has 0 aliphatic heterocycles. The predicted octanol–water partition coefficient (Wildman–Crippen LogP) is 4.64. The summed E-state index contributed by atoms with van der Waals surface area (Å²) in [6.07, 6.45) is 1.75. The predicted molar refractivity (Wildman–Crippen MR) is 82.4 cm³/mol. The quantitative estimate of drug-likeness (QED) is 0.565. The Labute approximate surface area is 122 Å². The Morgan fingerprint density at radius 2 is 1.33 bits per heavy atom. The van der Waals surface area contributed by atoms with Gasteiger partial charge < -0.3 is 0 Å². The first kappa shape index (κ1) is 15.0. The first-order chi connectivity index (χ1) is 10.2. The van der Waals surface area contributed by atoms with Crippen molar-refractivity contribution in [2.45, 2.75) is 19.8 Å². The van der Waals surface area contributed by atoms with Crippen LogP contribution >= 0.6 is 0 Å². The summed E-state index contributed by atoms with van der Waals surface area (Å²) in [5.41, 5.74) is 2.98. The number of hydrogen-bond acceptors (Lipinski definition) is 2. The molecule has 2 rings (SSSR count). The Hall–Kier alpha value is -2.36. The highest BCUT2D eigenvalue weighted by Crippen LogP contribution is 2.18. The van der Waals surface area contributed by atoms with E-state index in [9.17, 15) is 8.78 Å². The van der Waals surface area contributed by atoms with E-state index >= 15 is 0 Å². The number of halogens is 2. The molecule has 0 atom stereocenters. The maximum absolute atomic E-state index is 12.4. The van der Waals surface area contributed by atoms with Crippen LogP contribution in [0.25, 0.3) is 0 Å². The summed E-state index contributed by atoms with van der Waals surface area (Å²) in [5, 5.41) is 7.86. The summed E-state index contributed by atoms with van der Waals surface area (Å²) in [6.45, 7) is 2.10. The summed E-state index contributed by atoms with van der Waals surface area (Å²) in [7, 11) is 0. The lowest BCUT2D eigenvalue weighted by atomic mass is 10.1. The fourth-order valence-electron chi connectivity index (χ4n) is 1.77. The summed E-state index contributed by atoms with van der Waals surface area (Å²) in [6, 6.07) is 14.0. The molecule has 0 fully saturated rings. The second kappa shape index (κ2) is 7.43. The highest BCUT2D eigenvalue weighted by Gasteiger charge is 2.04. The average molecular weight is 286 g/mol. The molecular weight excluding hydrogens is 270 g/mol. The molecule has 0 aliphatic carbocycles. The van der Waals surface area contributed by atoms with Gasteiger partial charge in [-0.1, -0.05) is 55.5 Å². The molecule has 0 saturated heterocycles. The molecular formula is C17H16F2N2. The van der Waals surface area contributed by atoms with Crippen LogP contribution in [-0.4, -0.2) is 12.4 Å². The fourth-order valence-corrected chi connectivity index (χ4v) is 1.77. The number of alkyl halides is 2. The summed E-state index contributed by atoms with van der Waals surface area (Å²) in [4.78, 5) is 0. The molecule has 108 valence electrons. The van der Waals surface area contributed by atoms with Crippen LogP contribution in [0.1, 0.15) is 35.6 Å². The molecule has 0 amide bonds. The van der Waals surface area contributed by atoms with Gasteiger partial charge in [0.2, 0.25) is 0 Å². The van der Waals surface area contributed by atoms with Crippen LogP contribution in [0.3, 0.4) is 0 Å². The van der Waals surface area contributed by atoms with Gasteiger partial charge >= 0.3 is 0 Å². The van der Waals surface area contributed by atoms with Crippen LogP contribution < -0.4 is 0 Å². The number of nitrogens with zero attached hydrogens (tertiary/aromatic N) is 2. The molecule has 0 aliphatic rings. The van der Waals surface area contributed by atoms with Gasteiger partial charge in [-0.3, -0.25) is 0 Å². The van der Waals surface area contributed by atoms with E-state index in [1.165, 1.54) is 23.9 Å². The Bertz CT molecular complexity index is 614. The molecule has 0 N–H and O–H groups in total. The summed E-state index contributed by atoms with van der Waals surface area (Å²) < 4.78 is 24.8. The van der Waals surface area contributed by atoms with Gasteiger partial charge in [-0.25, -0.2) is 8.78 Å². The molecule has 2 aromatic rings. The minimum absolute atomic E-state index is 0.00617. The molecule has 0 spiro atoms. The molecule has 0 aromatic heterocycles. The van der Waals surface area contributed by atoms with Crippen molar-refractivity contribution in [2.75, 3.05) is 0 Å². The van der Waals surface area contributed by atoms with Crippen molar-refractivity contribution in [3.63, 3.8) is 0 Å². The van der Waals surface area contributed by atoms with Gasteiger partial charge in [0.1, 0.15) is 0 Å². The fraction of sp³-hybridized carbons (Fsp3) is 0.176. The second-order valence-corrected chi connectivity index (χ2v) is 4.55. The van der Waals surface area contributed by atoms with Crippen molar-refractivity contribution in [3.8, 4) is 0 Å². The minimum atomic E-state index is -2.44. The topological polar surface area (TPSA) is 24.7 Å². The third-order valence-corrected chi connectivity index (χ3v) is 3.06. The van der Waals surface area contributed by atoms with Gasteiger partial charge in [0.05, 0.1) is 12.4 Å². The van der Waals surface area contributed by atoms with Crippen LogP contribution in [0.4, 0.5) is 8.78 Å². The van der Waals surface area contributed by atoms with Crippen LogP contribution in [0.5, 0.6) is 0 Å². The minimum Gasteiger partial charge on any atom is -0.205 e. The van der Waals surface area contributed by atoms with Crippen molar-refractivity contribution in [1.29, 1.82) is 0 Å². The molecule has 2 nitrogen and oxygen atoms in total. The molecule has 0 radical (unpaired) electrons. The molecule has 0 heterocycles. The summed E-state index contributed by atoms with van der Waals surface area (Å²) in [5.74, 6) is 0. The molecule has 2 aromatic carbocycles. The summed E-state index contributed by atoms with van der Waals surface area (Å²) >= 11 is 0. The van der Waals surface area contributed by atoms with E-state index in [2.05, 4.69) is 17.1 Å². The van der Waals surface area contributed by atoms with Crippen LogP contribution in [-0.2, 0) is 6.42 Å². The van der Waals surface area contributed by atoms with Gasteiger partial charge in [0.25, 0.3) is 6.43 Å². The van der Waals surface area contributed by atoms with Gasteiger partial charge in [-0.05, 0) is 23.1 Å². The smallest absolute Gasteiger partial charge is 0.205 e. The van der Waals surface area contributed by atoms with Crippen molar-refractivity contribution in [1.82, 2.24) is 0 Å². The highest BCUT2D eigenvalue weighted by molar-refractivity contribution is 5.82. The molecule has 21 heavy (non-hydrogen) atoms. The van der Waals surface area contributed by atoms with Gasteiger partial charge in [0.15, 0.2) is 0 Å². The first-order valence-corrected chi connectivity index (χ1v) is 6.72. The van der Waals surface area contributed by atoms with Crippen molar-refractivity contribution in [2.24, 2.45) is 10.2 Å². The van der Waals surface area contributed by atoms with E-state index in [4.69, 9.17) is 0 Å². The lowest BCUT2D eigenvalue weighted by molar-refractivity contribution is 0.151. The van der Waals surface area contributed by atoms with Crippen molar-refractivity contribution >= 4 is 12.4 Å². The third kappa shape index (κ3) is 4.60. The standard InChI is InChI=1S/C17H16F2N2/c1-2-13-3-5-14(6-4-13)11-20-21-12-15-7-9-16(10-8-15)17(18)19/h3-12,17H,2H2,1H3. The number of rotatable bonds is 5. The third-order valence-electron chi connectivity index (χ3n) is 3.06. The largest absolute Gasteiger partial charge is 0.263 e. The normalized spacial score (nSPS) is 11.8. The average Bonchev–Trinajstić information content (AvgIpc) is 2.52. The highest BCUT2D eigenvalue weighted by atomic mass is 19.3. The Morgan fingerprint density at radius 3 is 1.76 bits per heavy atom. The van der Waals surface area contributed by atoms with E-state index in [0.29, 0.717) is 0 Å². The zero-order valence-corrected chi connectivity index (χ0v) is 11.7. The number of aryl methyl sites for hydroxylation is 1. The van der Waals surface area contributed by atoms with Crippen LogP contribution in [0, 0.1) is 0 Å². The van der Waals surface area contributed by atoms with E-state index < -0.39 is 6.43 Å². The lowest BCUT2D eigenvalue weighted by Gasteiger charge is -1.98. The van der Waals surface area contributed by atoms with Crippen molar-refractivity contribution in [3.05, 3.63) is 70.8 Å². The number of benzene rings is 2. The van der Waals surface area contributed by atoms with Gasteiger partial charge in [-0.2, -0.15) is 10.2 Å². The van der Waals surface area contributed by atoms with Gasteiger partial charge in [0, 0.05) is 5.56 Å². The van der Waals surface area contributed by atoms with E-state index in [-0.39, 0.29) is 5.56 Å². The monoisotopic (exact) mass is 286 g/mol.